The third kappa shape index (κ3) is 9.52. The van der Waals surface area contributed by atoms with Crippen LogP contribution in [0.2, 0.25) is 0 Å². The average molecular weight is 599 g/mol. The number of nitrogens with zero attached hydrogens (tertiary/aromatic N) is 1. The molecule has 0 spiro atoms. The molecule has 226 valence electrons. The summed E-state index contributed by atoms with van der Waals surface area (Å²) < 4.78 is 50.0. The first kappa shape index (κ1) is 31.4. The molecule has 1 heterocycles. The molecule has 0 aromatic heterocycles. The van der Waals surface area contributed by atoms with E-state index in [0.717, 1.165) is 38.7 Å². The summed E-state index contributed by atoms with van der Waals surface area (Å²) in [5, 5.41) is 6.42. The summed E-state index contributed by atoms with van der Waals surface area (Å²) >= 11 is 0. The molecule has 11 heteroatoms. The van der Waals surface area contributed by atoms with E-state index in [0.29, 0.717) is 29.3 Å². The summed E-state index contributed by atoms with van der Waals surface area (Å²) in [6, 6.07) is 20.1. The van der Waals surface area contributed by atoms with Gasteiger partial charge in [0.05, 0.1) is 12.4 Å². The smallest absolute Gasteiger partial charge is 0.244 e. The SMILES string of the molecule is CCC(OC)C(NC1CCN(Cc2ccc(Oc3ccc(NS(C)(=O)=O)cc3)cc2)CC1)C(=O)Nc1ccc(F)cc1. The van der Waals surface area contributed by atoms with Gasteiger partial charge in [0.15, 0.2) is 0 Å². The van der Waals surface area contributed by atoms with E-state index in [1.165, 1.54) is 17.7 Å². The Morgan fingerprint density at radius 2 is 1.52 bits per heavy atom. The van der Waals surface area contributed by atoms with Gasteiger partial charge in [0.2, 0.25) is 15.9 Å². The first-order valence-corrected chi connectivity index (χ1v) is 15.9. The largest absolute Gasteiger partial charge is 0.457 e. The van der Waals surface area contributed by atoms with Crippen molar-refractivity contribution in [2.45, 2.75) is 50.9 Å². The highest BCUT2D eigenvalue weighted by Gasteiger charge is 2.31. The van der Waals surface area contributed by atoms with Crippen molar-refractivity contribution in [3.8, 4) is 11.5 Å². The molecule has 3 N–H and O–H groups in total. The molecule has 0 radical (unpaired) electrons. The molecule has 1 amide bonds. The van der Waals surface area contributed by atoms with Gasteiger partial charge < -0.3 is 20.1 Å². The lowest BCUT2D eigenvalue weighted by Crippen LogP contribution is -2.55. The number of anilines is 2. The third-order valence-corrected chi connectivity index (χ3v) is 7.80. The number of rotatable bonds is 13. The highest BCUT2D eigenvalue weighted by atomic mass is 32.2. The number of benzene rings is 3. The van der Waals surface area contributed by atoms with Gasteiger partial charge in [-0.15, -0.1) is 0 Å². The fourth-order valence-corrected chi connectivity index (χ4v) is 5.58. The molecule has 9 nitrogen and oxygen atoms in total. The van der Waals surface area contributed by atoms with E-state index in [-0.39, 0.29) is 23.9 Å². The third-order valence-electron chi connectivity index (χ3n) is 7.20. The van der Waals surface area contributed by atoms with Crippen LogP contribution in [-0.2, 0) is 26.1 Å². The lowest BCUT2D eigenvalue weighted by atomic mass is 10.00. The van der Waals surface area contributed by atoms with Crippen LogP contribution in [0.1, 0.15) is 31.7 Å². The van der Waals surface area contributed by atoms with Crippen molar-refractivity contribution in [3.05, 3.63) is 84.2 Å². The van der Waals surface area contributed by atoms with Crippen LogP contribution in [0, 0.1) is 5.82 Å². The fourth-order valence-electron chi connectivity index (χ4n) is 5.02. The van der Waals surface area contributed by atoms with Crippen LogP contribution in [-0.4, -0.2) is 63.9 Å². The fraction of sp³-hybridized carbons (Fsp3) is 0.387. The van der Waals surface area contributed by atoms with E-state index in [4.69, 9.17) is 9.47 Å². The number of hydrogen-bond donors (Lipinski definition) is 3. The molecule has 1 aliphatic rings. The molecule has 0 bridgehead atoms. The topological polar surface area (TPSA) is 109 Å². The second-order valence-electron chi connectivity index (χ2n) is 10.5. The van der Waals surface area contributed by atoms with E-state index in [1.807, 2.05) is 31.2 Å². The van der Waals surface area contributed by atoms with Gasteiger partial charge in [-0.2, -0.15) is 0 Å². The monoisotopic (exact) mass is 598 g/mol. The lowest BCUT2D eigenvalue weighted by Gasteiger charge is -2.36. The summed E-state index contributed by atoms with van der Waals surface area (Å²) in [7, 11) is -1.71. The molecule has 2 unspecified atom stereocenters. The molecule has 3 aromatic carbocycles. The minimum atomic E-state index is -3.33. The summed E-state index contributed by atoms with van der Waals surface area (Å²) in [6.07, 6.45) is 3.29. The van der Waals surface area contributed by atoms with Gasteiger partial charge in [-0.1, -0.05) is 19.1 Å². The van der Waals surface area contributed by atoms with Crippen molar-refractivity contribution >= 4 is 27.3 Å². The van der Waals surface area contributed by atoms with Gasteiger partial charge in [-0.3, -0.25) is 14.4 Å². The number of sulfonamides is 1. The first-order valence-electron chi connectivity index (χ1n) is 14.0. The Hall–Kier alpha value is -3.51. The van der Waals surface area contributed by atoms with Crippen LogP contribution in [0.3, 0.4) is 0 Å². The van der Waals surface area contributed by atoms with Crippen molar-refractivity contribution in [3.63, 3.8) is 0 Å². The number of halogens is 1. The van der Waals surface area contributed by atoms with Gasteiger partial charge in [0.1, 0.15) is 23.4 Å². The number of carbonyl (C=O) groups is 1. The Morgan fingerprint density at radius 3 is 2.07 bits per heavy atom. The van der Waals surface area contributed by atoms with E-state index in [1.54, 1.807) is 43.5 Å². The van der Waals surface area contributed by atoms with E-state index in [2.05, 4.69) is 20.3 Å². The van der Waals surface area contributed by atoms with Crippen LogP contribution in [0.15, 0.2) is 72.8 Å². The lowest BCUT2D eigenvalue weighted by molar-refractivity contribution is -0.122. The van der Waals surface area contributed by atoms with Crippen LogP contribution >= 0.6 is 0 Å². The molecule has 3 aromatic rings. The zero-order valence-corrected chi connectivity index (χ0v) is 25.0. The summed E-state index contributed by atoms with van der Waals surface area (Å²) in [6.45, 7) is 4.57. The van der Waals surface area contributed by atoms with Gasteiger partial charge in [-0.05, 0) is 98.6 Å². The van der Waals surface area contributed by atoms with Crippen molar-refractivity contribution in [1.29, 1.82) is 0 Å². The predicted octanol–water partition coefficient (Wildman–Crippen LogP) is 4.98. The Kier molecular flexibility index (Phi) is 10.9. The van der Waals surface area contributed by atoms with Crippen molar-refractivity contribution < 1.29 is 27.1 Å². The number of amides is 1. The zero-order chi connectivity index (χ0) is 30.1. The molecule has 42 heavy (non-hydrogen) atoms. The first-order chi connectivity index (χ1) is 20.1. The van der Waals surface area contributed by atoms with Gasteiger partial charge >= 0.3 is 0 Å². The predicted molar refractivity (Wildman–Crippen MR) is 163 cm³/mol. The summed E-state index contributed by atoms with van der Waals surface area (Å²) in [5.41, 5.74) is 2.19. The maximum atomic E-state index is 13.3. The maximum absolute atomic E-state index is 13.3. The Morgan fingerprint density at radius 1 is 0.952 bits per heavy atom. The molecular formula is C31H39FN4O5S. The van der Waals surface area contributed by atoms with E-state index < -0.39 is 16.1 Å². The molecule has 1 aliphatic heterocycles. The molecule has 0 aliphatic carbocycles. The van der Waals surface area contributed by atoms with Crippen molar-refractivity contribution in [2.24, 2.45) is 0 Å². The zero-order valence-electron chi connectivity index (χ0n) is 24.2. The van der Waals surface area contributed by atoms with Crippen LogP contribution in [0.4, 0.5) is 15.8 Å². The minimum Gasteiger partial charge on any atom is -0.457 e. The number of carbonyl (C=O) groups excluding carboxylic acids is 1. The Balaban J connectivity index is 1.26. The number of ether oxygens (including phenoxy) is 2. The quantitative estimate of drug-likeness (QED) is 0.255. The molecular weight excluding hydrogens is 559 g/mol. The summed E-state index contributed by atoms with van der Waals surface area (Å²) in [4.78, 5) is 15.5. The molecule has 4 rings (SSSR count). The number of hydrogen-bond acceptors (Lipinski definition) is 7. The number of piperidine rings is 1. The highest BCUT2D eigenvalue weighted by Crippen LogP contribution is 2.25. The van der Waals surface area contributed by atoms with Gasteiger partial charge in [0, 0.05) is 31.1 Å². The highest BCUT2D eigenvalue weighted by molar-refractivity contribution is 7.92. The minimum absolute atomic E-state index is 0.171. The standard InChI is InChI=1S/C31H39FN4O5S/c1-4-29(40-2)30(31(37)34-24-9-7-23(32)8-10-24)33-25-17-19-36(20-18-25)21-22-5-13-27(14-6-22)41-28-15-11-26(12-16-28)35-42(3,38)39/h5-16,25,29-30,33,35H,4,17-21H2,1-3H3,(H,34,37). The Bertz CT molecular complexity index is 1390. The van der Waals surface area contributed by atoms with Crippen molar-refractivity contribution in [1.82, 2.24) is 10.2 Å². The van der Waals surface area contributed by atoms with Crippen molar-refractivity contribution in [2.75, 3.05) is 36.5 Å². The average Bonchev–Trinajstić information content (AvgIpc) is 2.96. The Labute approximate surface area is 247 Å². The molecule has 1 saturated heterocycles. The van der Waals surface area contributed by atoms with Crippen LogP contribution in [0.25, 0.3) is 0 Å². The maximum Gasteiger partial charge on any atom is 0.244 e. The number of nitrogens with one attached hydrogen (secondary N) is 3. The molecule has 2 atom stereocenters. The summed E-state index contributed by atoms with van der Waals surface area (Å²) in [5.74, 6) is 0.760. The molecule has 0 saturated carbocycles. The second kappa shape index (κ2) is 14.6. The number of methoxy groups -OCH3 is 1. The van der Waals surface area contributed by atoms with Gasteiger partial charge in [-0.25, -0.2) is 12.8 Å². The normalized spacial score (nSPS) is 16.0. The van der Waals surface area contributed by atoms with Gasteiger partial charge in [0.25, 0.3) is 0 Å². The van der Waals surface area contributed by atoms with Crippen LogP contribution in [0.5, 0.6) is 11.5 Å². The second-order valence-corrected chi connectivity index (χ2v) is 12.3. The number of likely N-dealkylation sites (tertiary alicyclic amines) is 1. The van der Waals surface area contributed by atoms with Crippen LogP contribution < -0.4 is 20.1 Å². The molecule has 1 fully saturated rings. The van der Waals surface area contributed by atoms with E-state index >= 15 is 0 Å². The van der Waals surface area contributed by atoms with E-state index in [9.17, 15) is 17.6 Å².